The molecule has 0 unspecified atom stereocenters. The molecule has 0 aromatic heterocycles. The number of hydrogen-bond donors (Lipinski definition) is 1. The van der Waals surface area contributed by atoms with Crippen molar-refractivity contribution in [2.24, 2.45) is 0 Å². The van der Waals surface area contributed by atoms with Crippen LogP contribution in [0.15, 0.2) is 48.5 Å². The third kappa shape index (κ3) is 2.89. The van der Waals surface area contributed by atoms with E-state index >= 15 is 0 Å². The standard InChI is InChI=1S/C19H20N2O2/c22-19(21-10-9-14-5-1-2-7-16(14)12-21)20-17-11-15-6-3-4-8-18(15)23-13-17/h1-8,17H,9-13H2,(H,20,22)/t17-/m0/s1. The summed E-state index contributed by atoms with van der Waals surface area (Å²) in [5.41, 5.74) is 3.76. The number of carbonyl (C=O) groups is 1. The van der Waals surface area contributed by atoms with Gasteiger partial charge in [-0.2, -0.15) is 0 Å². The molecule has 0 bridgehead atoms. The van der Waals surface area contributed by atoms with Crippen LogP contribution in [0.4, 0.5) is 4.79 Å². The maximum atomic E-state index is 12.5. The molecule has 0 fully saturated rings. The normalized spacial score (nSPS) is 19.3. The van der Waals surface area contributed by atoms with Gasteiger partial charge >= 0.3 is 6.03 Å². The van der Waals surface area contributed by atoms with E-state index in [-0.39, 0.29) is 12.1 Å². The zero-order valence-corrected chi connectivity index (χ0v) is 13.0. The number of para-hydroxylation sites is 1. The number of benzene rings is 2. The van der Waals surface area contributed by atoms with Gasteiger partial charge in [0.15, 0.2) is 0 Å². The Kier molecular flexibility index (Phi) is 3.66. The van der Waals surface area contributed by atoms with E-state index in [9.17, 15) is 4.79 Å². The molecule has 4 heteroatoms. The van der Waals surface area contributed by atoms with Gasteiger partial charge in [0.05, 0.1) is 6.04 Å². The average molecular weight is 308 g/mol. The number of amides is 2. The fraction of sp³-hybridized carbons (Fsp3) is 0.316. The Morgan fingerprint density at radius 1 is 1.04 bits per heavy atom. The Morgan fingerprint density at radius 2 is 1.78 bits per heavy atom. The van der Waals surface area contributed by atoms with Gasteiger partial charge in [0.1, 0.15) is 12.4 Å². The molecule has 0 spiro atoms. The number of nitrogens with zero attached hydrogens (tertiary/aromatic N) is 1. The van der Waals surface area contributed by atoms with E-state index in [1.54, 1.807) is 0 Å². The van der Waals surface area contributed by atoms with Gasteiger partial charge < -0.3 is 15.0 Å². The van der Waals surface area contributed by atoms with E-state index in [4.69, 9.17) is 4.74 Å². The topological polar surface area (TPSA) is 41.6 Å². The first-order chi connectivity index (χ1) is 11.3. The van der Waals surface area contributed by atoms with E-state index in [0.717, 1.165) is 30.7 Å². The van der Waals surface area contributed by atoms with Gasteiger partial charge in [0.25, 0.3) is 0 Å². The van der Waals surface area contributed by atoms with Gasteiger partial charge in [-0.25, -0.2) is 4.79 Å². The summed E-state index contributed by atoms with van der Waals surface area (Å²) in [6, 6.07) is 16.4. The Bertz CT molecular complexity index is 729. The molecule has 1 N–H and O–H groups in total. The number of ether oxygens (including phenoxy) is 1. The molecule has 1 atom stereocenters. The van der Waals surface area contributed by atoms with E-state index in [1.807, 2.05) is 29.2 Å². The lowest BCUT2D eigenvalue weighted by Crippen LogP contribution is -2.50. The number of hydrogen-bond acceptors (Lipinski definition) is 2. The number of urea groups is 1. The van der Waals surface area contributed by atoms with Gasteiger partial charge in [-0.1, -0.05) is 42.5 Å². The number of rotatable bonds is 1. The van der Waals surface area contributed by atoms with Gasteiger partial charge in [0, 0.05) is 13.1 Å². The van der Waals surface area contributed by atoms with Crippen molar-refractivity contribution in [3.63, 3.8) is 0 Å². The average Bonchev–Trinajstić information content (AvgIpc) is 2.61. The number of fused-ring (bicyclic) bond motifs is 2. The van der Waals surface area contributed by atoms with Crippen molar-refractivity contribution in [1.29, 1.82) is 0 Å². The second-order valence-corrected chi connectivity index (χ2v) is 6.21. The molecule has 0 saturated carbocycles. The molecule has 2 aliphatic rings. The van der Waals surface area contributed by atoms with Crippen LogP contribution < -0.4 is 10.1 Å². The van der Waals surface area contributed by atoms with Crippen molar-refractivity contribution in [2.45, 2.75) is 25.4 Å². The SMILES string of the molecule is O=C(N[C@@H]1COc2ccccc2C1)N1CCc2ccccc2C1. The minimum Gasteiger partial charge on any atom is -0.491 e. The van der Waals surface area contributed by atoms with Gasteiger partial charge in [-0.3, -0.25) is 0 Å². The van der Waals surface area contributed by atoms with Crippen LogP contribution in [0.2, 0.25) is 0 Å². The summed E-state index contributed by atoms with van der Waals surface area (Å²) in [4.78, 5) is 14.4. The zero-order chi connectivity index (χ0) is 15.6. The predicted molar refractivity (Wildman–Crippen MR) is 88.5 cm³/mol. The van der Waals surface area contributed by atoms with Crippen LogP contribution in [0.1, 0.15) is 16.7 Å². The zero-order valence-electron chi connectivity index (χ0n) is 13.0. The van der Waals surface area contributed by atoms with Crippen molar-refractivity contribution in [3.05, 3.63) is 65.2 Å². The van der Waals surface area contributed by atoms with Crippen LogP contribution in [0, 0.1) is 0 Å². The van der Waals surface area contributed by atoms with Crippen LogP contribution >= 0.6 is 0 Å². The molecular formula is C19H20N2O2. The highest BCUT2D eigenvalue weighted by Crippen LogP contribution is 2.24. The molecule has 4 nitrogen and oxygen atoms in total. The predicted octanol–water partition coefficient (Wildman–Crippen LogP) is 2.76. The fourth-order valence-electron chi connectivity index (χ4n) is 3.36. The van der Waals surface area contributed by atoms with Gasteiger partial charge in [0.2, 0.25) is 0 Å². The Hall–Kier alpha value is -2.49. The maximum absolute atomic E-state index is 12.5. The second kappa shape index (κ2) is 5.95. The van der Waals surface area contributed by atoms with Gasteiger partial charge in [-0.05, 0) is 35.6 Å². The minimum absolute atomic E-state index is 0.00693. The van der Waals surface area contributed by atoms with Crippen LogP contribution in [-0.4, -0.2) is 30.1 Å². The highest BCUT2D eigenvalue weighted by atomic mass is 16.5. The summed E-state index contributed by atoms with van der Waals surface area (Å²) in [5.74, 6) is 0.935. The van der Waals surface area contributed by atoms with Crippen molar-refractivity contribution in [1.82, 2.24) is 10.2 Å². The van der Waals surface area contributed by atoms with E-state index in [2.05, 4.69) is 29.6 Å². The molecule has 23 heavy (non-hydrogen) atoms. The van der Waals surface area contributed by atoms with Crippen molar-refractivity contribution in [2.75, 3.05) is 13.2 Å². The lowest BCUT2D eigenvalue weighted by molar-refractivity contribution is 0.176. The summed E-state index contributed by atoms with van der Waals surface area (Å²) in [6.45, 7) is 1.99. The van der Waals surface area contributed by atoms with E-state index < -0.39 is 0 Å². The second-order valence-electron chi connectivity index (χ2n) is 6.21. The molecule has 2 aromatic carbocycles. The molecule has 2 heterocycles. The molecule has 2 aromatic rings. The maximum Gasteiger partial charge on any atom is 0.318 e. The molecule has 118 valence electrons. The number of carbonyl (C=O) groups excluding carboxylic acids is 1. The first-order valence-corrected chi connectivity index (χ1v) is 8.12. The first kappa shape index (κ1) is 14.1. The van der Waals surface area contributed by atoms with E-state index in [1.165, 1.54) is 11.1 Å². The highest BCUT2D eigenvalue weighted by Gasteiger charge is 2.25. The molecule has 0 aliphatic carbocycles. The molecule has 2 aliphatic heterocycles. The smallest absolute Gasteiger partial charge is 0.318 e. The largest absolute Gasteiger partial charge is 0.491 e. The van der Waals surface area contributed by atoms with Crippen molar-refractivity contribution < 1.29 is 9.53 Å². The van der Waals surface area contributed by atoms with Crippen LogP contribution in [0.5, 0.6) is 5.75 Å². The first-order valence-electron chi connectivity index (χ1n) is 8.12. The summed E-state index contributed by atoms with van der Waals surface area (Å²) >= 11 is 0. The molecule has 2 amide bonds. The third-order valence-corrected chi connectivity index (χ3v) is 4.62. The van der Waals surface area contributed by atoms with Crippen LogP contribution in [0.3, 0.4) is 0 Å². The molecular weight excluding hydrogens is 288 g/mol. The summed E-state index contributed by atoms with van der Waals surface area (Å²) < 4.78 is 5.75. The Morgan fingerprint density at radius 3 is 2.65 bits per heavy atom. The summed E-state index contributed by atoms with van der Waals surface area (Å²) in [6.07, 6.45) is 1.75. The van der Waals surface area contributed by atoms with Crippen LogP contribution in [-0.2, 0) is 19.4 Å². The molecule has 0 saturated heterocycles. The lowest BCUT2D eigenvalue weighted by atomic mass is 10.00. The molecule has 0 radical (unpaired) electrons. The quantitative estimate of drug-likeness (QED) is 0.880. The fourth-order valence-corrected chi connectivity index (χ4v) is 3.36. The third-order valence-electron chi connectivity index (χ3n) is 4.62. The Labute approximate surface area is 136 Å². The van der Waals surface area contributed by atoms with Crippen LogP contribution in [0.25, 0.3) is 0 Å². The van der Waals surface area contributed by atoms with E-state index in [0.29, 0.717) is 13.2 Å². The Balaban J connectivity index is 1.40. The highest BCUT2D eigenvalue weighted by molar-refractivity contribution is 5.75. The summed E-state index contributed by atoms with van der Waals surface area (Å²) in [5, 5.41) is 3.12. The minimum atomic E-state index is 0.00693. The number of nitrogens with one attached hydrogen (secondary N) is 1. The lowest BCUT2D eigenvalue weighted by Gasteiger charge is -2.32. The van der Waals surface area contributed by atoms with Crippen molar-refractivity contribution >= 4 is 6.03 Å². The molecule has 4 rings (SSSR count). The monoisotopic (exact) mass is 308 g/mol. The van der Waals surface area contributed by atoms with Crippen molar-refractivity contribution in [3.8, 4) is 5.75 Å². The van der Waals surface area contributed by atoms with Gasteiger partial charge in [-0.15, -0.1) is 0 Å². The summed E-state index contributed by atoms with van der Waals surface area (Å²) in [7, 11) is 0.